The minimum Gasteiger partial charge on any atom is -0.488 e. The molecule has 178 valence electrons. The molecule has 33 heavy (non-hydrogen) atoms. The van der Waals surface area contributed by atoms with E-state index in [1.54, 1.807) is 6.08 Å². The highest BCUT2D eigenvalue weighted by Gasteiger charge is 2.27. The molecular formula is C29H39NO3. The standard InChI is InChI=1S/C29H39NO3/c1-11-29(8,9)23-18-21(14-17-24(31)20-12-15-22(30-10)16-13-20)25(32-27(2,3)4)19-26(23)33-28(5,6)7/h11-19,30H,1H2,2-10H3/b17-14+. The van der Waals surface area contributed by atoms with Gasteiger partial charge in [0.2, 0.25) is 0 Å². The van der Waals surface area contributed by atoms with E-state index in [2.05, 4.69) is 25.7 Å². The van der Waals surface area contributed by atoms with Gasteiger partial charge in [-0.2, -0.15) is 0 Å². The minimum atomic E-state index is -0.413. The number of hydrogen-bond acceptors (Lipinski definition) is 4. The first-order valence-corrected chi connectivity index (χ1v) is 11.4. The van der Waals surface area contributed by atoms with Crippen LogP contribution in [0.4, 0.5) is 5.69 Å². The van der Waals surface area contributed by atoms with E-state index >= 15 is 0 Å². The number of carbonyl (C=O) groups is 1. The summed E-state index contributed by atoms with van der Waals surface area (Å²) in [7, 11) is 1.85. The molecule has 0 amide bonds. The molecule has 1 N–H and O–H groups in total. The lowest BCUT2D eigenvalue weighted by atomic mass is 9.83. The van der Waals surface area contributed by atoms with Crippen molar-refractivity contribution in [1.29, 1.82) is 0 Å². The third-order valence-corrected chi connectivity index (χ3v) is 5.02. The Kier molecular flexibility index (Phi) is 7.84. The molecular weight excluding hydrogens is 410 g/mol. The van der Waals surface area contributed by atoms with Crippen molar-refractivity contribution in [3.63, 3.8) is 0 Å². The lowest BCUT2D eigenvalue weighted by Gasteiger charge is -2.31. The SMILES string of the molecule is C=CC(C)(C)c1cc(/C=C/C(=O)c2ccc(NC)cc2)c(OC(C)(C)C)cc1OC(C)(C)C. The van der Waals surface area contributed by atoms with Gasteiger partial charge in [0.1, 0.15) is 22.7 Å². The summed E-state index contributed by atoms with van der Waals surface area (Å²) in [5.41, 5.74) is 2.26. The molecule has 2 aromatic rings. The summed E-state index contributed by atoms with van der Waals surface area (Å²) >= 11 is 0. The number of benzene rings is 2. The number of ketones is 1. The first-order valence-electron chi connectivity index (χ1n) is 11.4. The van der Waals surface area contributed by atoms with Crippen LogP contribution in [0.15, 0.2) is 55.1 Å². The van der Waals surface area contributed by atoms with Crippen molar-refractivity contribution in [2.45, 2.75) is 72.0 Å². The van der Waals surface area contributed by atoms with Gasteiger partial charge in [0, 0.05) is 40.9 Å². The smallest absolute Gasteiger partial charge is 0.185 e. The van der Waals surface area contributed by atoms with Crippen LogP contribution in [0.25, 0.3) is 6.08 Å². The molecule has 0 radical (unpaired) electrons. The van der Waals surface area contributed by atoms with Crippen LogP contribution in [-0.4, -0.2) is 24.0 Å². The van der Waals surface area contributed by atoms with E-state index < -0.39 is 5.60 Å². The van der Waals surface area contributed by atoms with E-state index in [4.69, 9.17) is 9.47 Å². The molecule has 0 heterocycles. The van der Waals surface area contributed by atoms with Crippen LogP contribution in [-0.2, 0) is 5.41 Å². The third-order valence-electron chi connectivity index (χ3n) is 5.02. The van der Waals surface area contributed by atoms with Gasteiger partial charge < -0.3 is 14.8 Å². The Balaban J connectivity index is 2.59. The zero-order valence-corrected chi connectivity index (χ0v) is 21.6. The van der Waals surface area contributed by atoms with Crippen molar-refractivity contribution in [1.82, 2.24) is 0 Å². The fraction of sp³-hybridized carbons (Fsp3) is 0.414. The average Bonchev–Trinajstić information content (AvgIpc) is 2.70. The van der Waals surface area contributed by atoms with E-state index in [1.165, 1.54) is 0 Å². The van der Waals surface area contributed by atoms with Gasteiger partial charge in [-0.25, -0.2) is 0 Å². The predicted octanol–water partition coefficient (Wildman–Crippen LogP) is 7.44. The van der Waals surface area contributed by atoms with Gasteiger partial charge >= 0.3 is 0 Å². The first kappa shape index (κ1) is 26.2. The maximum Gasteiger partial charge on any atom is 0.185 e. The maximum atomic E-state index is 12.8. The maximum absolute atomic E-state index is 12.8. The molecule has 0 aliphatic heterocycles. The quantitative estimate of drug-likeness (QED) is 0.258. The molecule has 0 fully saturated rings. The van der Waals surface area contributed by atoms with Gasteiger partial charge in [-0.1, -0.05) is 19.9 Å². The van der Waals surface area contributed by atoms with Crippen molar-refractivity contribution in [3.8, 4) is 11.5 Å². The van der Waals surface area contributed by atoms with Crippen molar-refractivity contribution in [2.75, 3.05) is 12.4 Å². The first-order chi connectivity index (χ1) is 15.1. The Bertz CT molecular complexity index is 1020. The lowest BCUT2D eigenvalue weighted by molar-refractivity contribution is 0.104. The summed E-state index contributed by atoms with van der Waals surface area (Å²) in [6.07, 6.45) is 5.32. The summed E-state index contributed by atoms with van der Waals surface area (Å²) in [6, 6.07) is 11.4. The summed E-state index contributed by atoms with van der Waals surface area (Å²) in [6.45, 7) is 20.3. The average molecular weight is 450 g/mol. The molecule has 0 aliphatic carbocycles. The van der Waals surface area contributed by atoms with Gasteiger partial charge in [0.05, 0.1) is 0 Å². The zero-order chi connectivity index (χ0) is 25.0. The van der Waals surface area contributed by atoms with Crippen LogP contribution in [0, 0.1) is 0 Å². The molecule has 0 aromatic heterocycles. The second-order valence-corrected chi connectivity index (χ2v) is 10.8. The van der Waals surface area contributed by atoms with E-state index in [-0.39, 0.29) is 16.8 Å². The highest BCUT2D eigenvalue weighted by atomic mass is 16.5. The Labute approximate surface area is 199 Å². The van der Waals surface area contributed by atoms with Gasteiger partial charge in [-0.15, -0.1) is 6.58 Å². The van der Waals surface area contributed by atoms with Gasteiger partial charge in [0.25, 0.3) is 0 Å². The molecule has 2 rings (SSSR count). The molecule has 0 atom stereocenters. The lowest BCUT2D eigenvalue weighted by Crippen LogP contribution is -2.27. The molecule has 0 unspecified atom stereocenters. The van der Waals surface area contributed by atoms with Crippen LogP contribution in [0.5, 0.6) is 11.5 Å². The number of rotatable bonds is 8. The van der Waals surface area contributed by atoms with Crippen LogP contribution in [0.2, 0.25) is 0 Å². The Morgan fingerprint density at radius 3 is 1.91 bits per heavy atom. The largest absolute Gasteiger partial charge is 0.488 e. The second-order valence-electron chi connectivity index (χ2n) is 10.8. The highest BCUT2D eigenvalue weighted by molar-refractivity contribution is 6.07. The summed E-state index contributed by atoms with van der Waals surface area (Å²) in [5.74, 6) is 1.34. The minimum absolute atomic E-state index is 0.0705. The van der Waals surface area contributed by atoms with E-state index in [0.717, 1.165) is 22.6 Å². The molecule has 0 aliphatic rings. The Hall–Kier alpha value is -3.01. The Morgan fingerprint density at radius 1 is 0.879 bits per heavy atom. The number of hydrogen-bond donors (Lipinski definition) is 1. The van der Waals surface area contributed by atoms with Gasteiger partial charge in [0.15, 0.2) is 5.78 Å². The topological polar surface area (TPSA) is 47.6 Å². The fourth-order valence-corrected chi connectivity index (χ4v) is 3.22. The Morgan fingerprint density at radius 2 is 1.42 bits per heavy atom. The number of ether oxygens (including phenoxy) is 2. The molecule has 2 aromatic carbocycles. The van der Waals surface area contributed by atoms with Crippen molar-refractivity contribution in [2.24, 2.45) is 0 Å². The number of carbonyl (C=O) groups excluding carboxylic acids is 1. The number of anilines is 1. The van der Waals surface area contributed by atoms with Gasteiger partial charge in [-0.05, 0) is 84.0 Å². The number of nitrogens with one attached hydrogen (secondary N) is 1. The molecule has 0 saturated carbocycles. The highest BCUT2D eigenvalue weighted by Crippen LogP contribution is 2.40. The monoisotopic (exact) mass is 449 g/mol. The summed E-state index contributed by atoms with van der Waals surface area (Å²) < 4.78 is 12.6. The molecule has 4 nitrogen and oxygen atoms in total. The second kappa shape index (κ2) is 9.86. The molecule has 0 saturated heterocycles. The van der Waals surface area contributed by atoms with Crippen LogP contribution in [0.1, 0.15) is 76.9 Å². The van der Waals surface area contributed by atoms with E-state index in [1.807, 2.05) is 97.1 Å². The van der Waals surface area contributed by atoms with E-state index in [9.17, 15) is 4.79 Å². The normalized spacial score (nSPS) is 12.5. The molecule has 0 spiro atoms. The van der Waals surface area contributed by atoms with E-state index in [0.29, 0.717) is 11.3 Å². The van der Waals surface area contributed by atoms with Gasteiger partial charge in [-0.3, -0.25) is 4.79 Å². The van der Waals surface area contributed by atoms with Crippen molar-refractivity contribution in [3.05, 3.63) is 71.8 Å². The number of allylic oxidation sites excluding steroid dienone is 2. The summed E-state index contributed by atoms with van der Waals surface area (Å²) in [5, 5.41) is 3.06. The summed E-state index contributed by atoms with van der Waals surface area (Å²) in [4.78, 5) is 12.8. The predicted molar refractivity (Wildman–Crippen MR) is 140 cm³/mol. The van der Waals surface area contributed by atoms with Crippen LogP contribution in [0.3, 0.4) is 0 Å². The molecule has 0 bridgehead atoms. The zero-order valence-electron chi connectivity index (χ0n) is 21.6. The van der Waals surface area contributed by atoms with Crippen molar-refractivity contribution >= 4 is 17.5 Å². The fourth-order valence-electron chi connectivity index (χ4n) is 3.22. The van der Waals surface area contributed by atoms with Crippen LogP contribution < -0.4 is 14.8 Å². The third kappa shape index (κ3) is 7.52. The van der Waals surface area contributed by atoms with Crippen molar-refractivity contribution < 1.29 is 14.3 Å². The van der Waals surface area contributed by atoms with Crippen LogP contribution >= 0.6 is 0 Å². The molecule has 4 heteroatoms.